The van der Waals surface area contributed by atoms with Crippen LogP contribution in [0, 0.1) is 11.8 Å². The van der Waals surface area contributed by atoms with E-state index >= 15 is 0 Å². The van der Waals surface area contributed by atoms with E-state index in [0.717, 1.165) is 36.5 Å². The van der Waals surface area contributed by atoms with E-state index < -0.39 is 0 Å². The topological polar surface area (TPSA) is 45.1 Å². The third-order valence-corrected chi connectivity index (χ3v) is 6.09. The Kier molecular flexibility index (Phi) is 2.83. The number of nitrogens with zero attached hydrogens (tertiary/aromatic N) is 3. The average Bonchev–Trinajstić information content (AvgIpc) is 3.13. The molecule has 0 aromatic heterocycles. The number of rotatable bonds is 2. The van der Waals surface area contributed by atoms with Gasteiger partial charge >= 0.3 is 0 Å². The molecule has 4 bridgehead atoms. The lowest BCUT2D eigenvalue weighted by Gasteiger charge is -2.44. The highest BCUT2D eigenvalue weighted by molar-refractivity contribution is 6.47. The normalized spacial score (nSPS) is 33.6. The molecule has 1 unspecified atom stereocenters. The van der Waals surface area contributed by atoms with Crippen molar-refractivity contribution >= 4 is 11.6 Å². The van der Waals surface area contributed by atoms with E-state index in [4.69, 9.17) is 4.74 Å². The maximum atomic E-state index is 13.2. The molecule has 1 aromatic rings. The van der Waals surface area contributed by atoms with Gasteiger partial charge in [0.2, 0.25) is 0 Å². The lowest BCUT2D eigenvalue weighted by Crippen LogP contribution is -2.54. The summed E-state index contributed by atoms with van der Waals surface area (Å²) in [6.07, 6.45) is 1.24. The van der Waals surface area contributed by atoms with Gasteiger partial charge in [0.15, 0.2) is 0 Å². The summed E-state index contributed by atoms with van der Waals surface area (Å²) in [4.78, 5) is 22.4. The number of likely N-dealkylation sites (tertiary alicyclic amines) is 1. The fourth-order valence-electron chi connectivity index (χ4n) is 5.04. The van der Waals surface area contributed by atoms with Gasteiger partial charge in [-0.1, -0.05) is 12.1 Å². The number of ether oxygens (including phenoxy) is 1. The van der Waals surface area contributed by atoms with Crippen LogP contribution in [-0.2, 0) is 11.3 Å². The minimum atomic E-state index is 0.106. The summed E-state index contributed by atoms with van der Waals surface area (Å²) < 4.78 is 5.48. The van der Waals surface area contributed by atoms with E-state index in [9.17, 15) is 4.79 Å². The minimum absolute atomic E-state index is 0.106. The van der Waals surface area contributed by atoms with Crippen molar-refractivity contribution in [2.24, 2.45) is 16.8 Å². The molecule has 5 aliphatic rings. The first-order chi connectivity index (χ1) is 11.3. The van der Waals surface area contributed by atoms with Crippen LogP contribution in [0.3, 0.4) is 0 Å². The molecule has 1 amide bonds. The molecule has 5 heterocycles. The van der Waals surface area contributed by atoms with E-state index in [2.05, 4.69) is 14.8 Å². The first-order valence-electron chi connectivity index (χ1n) is 8.50. The summed E-state index contributed by atoms with van der Waals surface area (Å²) in [5.74, 6) is 2.22. The molecule has 4 atom stereocenters. The van der Waals surface area contributed by atoms with E-state index in [1.807, 2.05) is 18.2 Å². The van der Waals surface area contributed by atoms with Crippen molar-refractivity contribution in [2.75, 3.05) is 33.3 Å². The summed E-state index contributed by atoms with van der Waals surface area (Å²) in [5.41, 5.74) is 2.61. The summed E-state index contributed by atoms with van der Waals surface area (Å²) in [7, 11) is 1.66. The second-order valence-corrected chi connectivity index (χ2v) is 7.16. The maximum absolute atomic E-state index is 13.2. The number of carbonyl (C=O) groups is 1. The molecular weight excluding hydrogens is 290 g/mol. The number of hydrogen-bond donors (Lipinski definition) is 0. The summed E-state index contributed by atoms with van der Waals surface area (Å²) in [6.45, 7) is 4.90. The molecule has 1 aromatic carbocycles. The smallest absolute Gasteiger partial charge is 0.273 e. The van der Waals surface area contributed by atoms with E-state index in [1.54, 1.807) is 7.11 Å². The van der Waals surface area contributed by atoms with Gasteiger partial charge in [-0.2, -0.15) is 0 Å². The Morgan fingerprint density at radius 3 is 3.00 bits per heavy atom. The van der Waals surface area contributed by atoms with Crippen LogP contribution in [0.4, 0.5) is 0 Å². The van der Waals surface area contributed by atoms with Crippen molar-refractivity contribution < 1.29 is 9.53 Å². The fourth-order valence-corrected chi connectivity index (χ4v) is 5.04. The highest BCUT2D eigenvalue weighted by Gasteiger charge is 2.51. The zero-order valence-electron chi connectivity index (χ0n) is 13.4. The Morgan fingerprint density at radius 1 is 1.30 bits per heavy atom. The van der Waals surface area contributed by atoms with Gasteiger partial charge in [0, 0.05) is 25.7 Å². The van der Waals surface area contributed by atoms with Crippen molar-refractivity contribution in [2.45, 2.75) is 19.0 Å². The van der Waals surface area contributed by atoms with Crippen molar-refractivity contribution in [3.63, 3.8) is 0 Å². The third kappa shape index (κ3) is 1.83. The molecule has 0 saturated carbocycles. The van der Waals surface area contributed by atoms with Crippen molar-refractivity contribution in [3.05, 3.63) is 29.3 Å². The zero-order chi connectivity index (χ0) is 15.6. The molecule has 4 saturated heterocycles. The fraction of sp³-hybridized carbons (Fsp3) is 0.556. The van der Waals surface area contributed by atoms with Gasteiger partial charge in [0.1, 0.15) is 11.5 Å². The lowest BCUT2D eigenvalue weighted by atomic mass is 9.80. The molecule has 23 heavy (non-hydrogen) atoms. The second kappa shape index (κ2) is 4.81. The van der Waals surface area contributed by atoms with E-state index in [1.165, 1.54) is 13.0 Å². The molecule has 0 spiro atoms. The Balaban J connectivity index is 1.48. The number of methoxy groups -OCH3 is 1. The number of fused-ring (bicyclic) bond motifs is 2. The van der Waals surface area contributed by atoms with Crippen LogP contribution in [0.1, 0.15) is 17.5 Å². The summed E-state index contributed by atoms with van der Waals surface area (Å²) in [6, 6.07) is 6.31. The SMILES string of the molecule is COc1cccc2c1C(C(=O)N1C[C@H]3CN4CC[C@H]3[C@H]1C4)=NC2. The number of aliphatic imine (C=N–C) groups is 1. The molecule has 120 valence electrons. The first-order valence-corrected chi connectivity index (χ1v) is 8.50. The van der Waals surface area contributed by atoms with E-state index in [-0.39, 0.29) is 5.91 Å². The second-order valence-electron chi connectivity index (χ2n) is 7.16. The van der Waals surface area contributed by atoms with Crippen LogP contribution >= 0.6 is 0 Å². The quantitative estimate of drug-likeness (QED) is 0.823. The molecule has 0 aliphatic carbocycles. The average molecular weight is 311 g/mol. The van der Waals surface area contributed by atoms with Crippen molar-refractivity contribution in [3.8, 4) is 5.75 Å². The zero-order valence-corrected chi connectivity index (χ0v) is 13.4. The number of piperidine rings is 3. The highest BCUT2D eigenvalue weighted by atomic mass is 16.5. The standard InChI is InChI=1S/C18H21N3O2/c1-23-15-4-2-3-11-7-19-17(16(11)15)18(22)21-9-12-8-20-6-5-13(12)14(21)10-20/h2-4,12-14H,5-10H2,1H3/t12-,13-,14-/m1/s1. The van der Waals surface area contributed by atoms with Gasteiger partial charge in [-0.25, -0.2) is 0 Å². The molecule has 5 nitrogen and oxygen atoms in total. The molecule has 4 fully saturated rings. The summed E-state index contributed by atoms with van der Waals surface area (Å²) in [5, 5.41) is 0. The van der Waals surface area contributed by atoms with E-state index in [0.29, 0.717) is 30.1 Å². The van der Waals surface area contributed by atoms with Crippen molar-refractivity contribution in [1.29, 1.82) is 0 Å². The number of carbonyl (C=O) groups excluding carboxylic acids is 1. The molecule has 6 rings (SSSR count). The van der Waals surface area contributed by atoms with Gasteiger partial charge in [-0.3, -0.25) is 9.79 Å². The minimum Gasteiger partial charge on any atom is -0.496 e. The number of hydrogen-bond acceptors (Lipinski definition) is 4. The largest absolute Gasteiger partial charge is 0.496 e. The first kappa shape index (κ1) is 13.5. The summed E-state index contributed by atoms with van der Waals surface area (Å²) >= 11 is 0. The van der Waals surface area contributed by atoms with Crippen LogP contribution in [0.25, 0.3) is 0 Å². The number of benzene rings is 1. The molecule has 0 N–H and O–H groups in total. The van der Waals surface area contributed by atoms with Gasteiger partial charge in [0.25, 0.3) is 5.91 Å². The lowest BCUT2D eigenvalue weighted by molar-refractivity contribution is -0.125. The monoisotopic (exact) mass is 311 g/mol. The van der Waals surface area contributed by atoms with Crippen LogP contribution in [0.15, 0.2) is 23.2 Å². The molecule has 0 radical (unpaired) electrons. The molecule has 5 aliphatic heterocycles. The molecule has 5 heteroatoms. The van der Waals surface area contributed by atoms with Gasteiger partial charge in [-0.15, -0.1) is 0 Å². The number of amides is 1. The Labute approximate surface area is 135 Å². The van der Waals surface area contributed by atoms with Crippen LogP contribution in [0.2, 0.25) is 0 Å². The predicted octanol–water partition coefficient (Wildman–Crippen LogP) is 1.16. The molecular formula is C18H21N3O2. The van der Waals surface area contributed by atoms with Gasteiger partial charge in [-0.05, 0) is 36.4 Å². The van der Waals surface area contributed by atoms with Gasteiger partial charge in [0.05, 0.1) is 19.2 Å². The van der Waals surface area contributed by atoms with Crippen LogP contribution in [-0.4, -0.2) is 60.7 Å². The maximum Gasteiger partial charge on any atom is 0.273 e. The Bertz CT molecular complexity index is 714. The predicted molar refractivity (Wildman–Crippen MR) is 86.8 cm³/mol. The Hall–Kier alpha value is -1.88. The highest BCUT2D eigenvalue weighted by Crippen LogP contribution is 2.42. The third-order valence-electron chi connectivity index (χ3n) is 6.09. The van der Waals surface area contributed by atoms with Crippen LogP contribution < -0.4 is 4.74 Å². The van der Waals surface area contributed by atoms with Gasteiger partial charge < -0.3 is 14.5 Å². The Morgan fingerprint density at radius 2 is 2.22 bits per heavy atom. The van der Waals surface area contributed by atoms with Crippen LogP contribution in [0.5, 0.6) is 5.75 Å². The van der Waals surface area contributed by atoms with Crippen molar-refractivity contribution in [1.82, 2.24) is 9.80 Å².